The van der Waals surface area contributed by atoms with Crippen molar-refractivity contribution in [2.45, 2.75) is 72.5 Å². The Morgan fingerprint density at radius 2 is 1.63 bits per heavy atom. The minimum Gasteiger partial charge on any atom is -0.444 e. The summed E-state index contributed by atoms with van der Waals surface area (Å²) in [5.74, 6) is 5.18. The zero-order chi connectivity index (χ0) is 28.9. The highest BCUT2D eigenvalue weighted by Crippen LogP contribution is 2.12. The molecule has 0 saturated heterocycles. The van der Waals surface area contributed by atoms with Crippen molar-refractivity contribution in [2.24, 2.45) is 10.9 Å². The fourth-order valence-corrected chi connectivity index (χ4v) is 2.77. The van der Waals surface area contributed by atoms with Gasteiger partial charge in [0.1, 0.15) is 11.2 Å². The van der Waals surface area contributed by atoms with Crippen LogP contribution in [0.5, 0.6) is 0 Å². The molecule has 0 aliphatic carbocycles. The minimum absolute atomic E-state index is 0.175. The number of allylic oxidation sites excluding steroid dienone is 3. The standard InChI is InChI=1S/C30H38N2O6/c1-9-10-22(12-11-21(2)25(33)19-31-27(35)37-29(3,4)5)13-14-23-15-17-24(18-16-23)26(34)20-32-28(36)38-30(6,7)8/h9,12,15-19,21H,1,10-11,20H2,2-8H3,(H,32,36)/b22-12+,31-19?. The number of nitrogens with one attached hydrogen (secondary N) is 1. The van der Waals surface area contributed by atoms with Gasteiger partial charge in [-0.25, -0.2) is 9.59 Å². The number of alkyl carbamates (subject to hydrolysis) is 1. The smallest absolute Gasteiger partial charge is 0.434 e. The number of hydrogen-bond donors (Lipinski definition) is 1. The van der Waals surface area contributed by atoms with Gasteiger partial charge in [0.05, 0.1) is 12.8 Å². The molecule has 204 valence electrons. The molecule has 1 rings (SSSR count). The average Bonchev–Trinajstić information content (AvgIpc) is 2.80. The molecular formula is C30H38N2O6. The number of nitrogens with zero attached hydrogens (tertiary/aromatic N) is 1. The highest BCUT2D eigenvalue weighted by atomic mass is 16.6. The average molecular weight is 523 g/mol. The van der Waals surface area contributed by atoms with Crippen molar-refractivity contribution in [3.63, 3.8) is 0 Å². The summed E-state index contributed by atoms with van der Waals surface area (Å²) in [6, 6.07) is 6.73. The fraction of sp³-hybridized carbons (Fsp3) is 0.433. The monoisotopic (exact) mass is 522 g/mol. The van der Waals surface area contributed by atoms with Crippen LogP contribution in [0.1, 0.15) is 77.2 Å². The van der Waals surface area contributed by atoms with E-state index in [1.165, 1.54) is 0 Å². The van der Waals surface area contributed by atoms with E-state index in [1.807, 2.05) is 6.08 Å². The van der Waals surface area contributed by atoms with Crippen LogP contribution < -0.4 is 5.32 Å². The van der Waals surface area contributed by atoms with Gasteiger partial charge >= 0.3 is 12.2 Å². The van der Waals surface area contributed by atoms with E-state index >= 15 is 0 Å². The van der Waals surface area contributed by atoms with Gasteiger partial charge in [0.15, 0.2) is 11.6 Å². The molecule has 0 saturated carbocycles. The van der Waals surface area contributed by atoms with Gasteiger partial charge in [0.25, 0.3) is 0 Å². The first-order valence-electron chi connectivity index (χ1n) is 12.3. The molecule has 1 aromatic carbocycles. The zero-order valence-corrected chi connectivity index (χ0v) is 23.3. The molecule has 0 aromatic heterocycles. The van der Waals surface area contributed by atoms with Gasteiger partial charge in [-0.1, -0.05) is 43.0 Å². The Bertz CT molecular complexity index is 1140. The van der Waals surface area contributed by atoms with Gasteiger partial charge in [-0.05, 0) is 66.5 Å². The second-order valence-corrected chi connectivity index (χ2v) is 10.6. The van der Waals surface area contributed by atoms with E-state index in [4.69, 9.17) is 9.47 Å². The van der Waals surface area contributed by atoms with Gasteiger partial charge < -0.3 is 14.8 Å². The zero-order valence-electron chi connectivity index (χ0n) is 23.3. The van der Waals surface area contributed by atoms with Gasteiger partial charge in [-0.2, -0.15) is 4.99 Å². The fourth-order valence-electron chi connectivity index (χ4n) is 2.77. The molecular weight excluding hydrogens is 484 g/mol. The molecule has 0 radical (unpaired) electrons. The number of hydrogen-bond acceptors (Lipinski definition) is 6. The maximum atomic E-state index is 12.3. The third kappa shape index (κ3) is 13.9. The predicted octanol–water partition coefficient (Wildman–Crippen LogP) is 5.85. The molecule has 2 amide bonds. The Kier molecular flexibility index (Phi) is 12.4. The quantitative estimate of drug-likeness (QED) is 0.188. The summed E-state index contributed by atoms with van der Waals surface area (Å²) in [4.78, 5) is 51.6. The van der Waals surface area contributed by atoms with Crippen molar-refractivity contribution in [3.8, 4) is 11.8 Å². The third-order valence-electron chi connectivity index (χ3n) is 4.62. The maximum Gasteiger partial charge on any atom is 0.434 e. The number of carbonyl (C=O) groups is 4. The van der Waals surface area contributed by atoms with Gasteiger partial charge in [0, 0.05) is 22.6 Å². The first-order chi connectivity index (χ1) is 17.6. The van der Waals surface area contributed by atoms with Crippen molar-refractivity contribution in [1.29, 1.82) is 0 Å². The third-order valence-corrected chi connectivity index (χ3v) is 4.62. The lowest BCUT2D eigenvalue weighted by molar-refractivity contribution is -0.115. The highest BCUT2D eigenvalue weighted by Gasteiger charge is 2.18. The minimum atomic E-state index is -0.807. The molecule has 1 unspecified atom stereocenters. The summed E-state index contributed by atoms with van der Waals surface area (Å²) >= 11 is 0. The van der Waals surface area contributed by atoms with Crippen molar-refractivity contribution in [2.75, 3.05) is 6.54 Å². The molecule has 0 heterocycles. The van der Waals surface area contributed by atoms with E-state index in [2.05, 4.69) is 28.7 Å². The number of ketones is 2. The van der Waals surface area contributed by atoms with Crippen LogP contribution in [-0.4, -0.2) is 47.7 Å². The summed E-state index contributed by atoms with van der Waals surface area (Å²) < 4.78 is 10.2. The van der Waals surface area contributed by atoms with E-state index in [-0.39, 0.29) is 18.1 Å². The lowest BCUT2D eigenvalue weighted by atomic mass is 10.0. The summed E-state index contributed by atoms with van der Waals surface area (Å²) in [6.45, 7) is 15.7. The number of ether oxygens (including phenoxy) is 2. The number of Topliss-reactive ketones (excluding diaryl/α,β-unsaturated/α-hetero) is 2. The highest BCUT2D eigenvalue weighted by molar-refractivity contribution is 6.29. The lowest BCUT2D eigenvalue weighted by Crippen LogP contribution is -2.35. The number of amides is 2. The molecule has 8 nitrogen and oxygen atoms in total. The van der Waals surface area contributed by atoms with Gasteiger partial charge in [-0.3, -0.25) is 9.59 Å². The largest absolute Gasteiger partial charge is 0.444 e. The summed E-state index contributed by atoms with van der Waals surface area (Å²) in [6.07, 6.45) is 4.05. The second-order valence-electron chi connectivity index (χ2n) is 10.6. The molecule has 8 heteroatoms. The van der Waals surface area contributed by atoms with Crippen LogP contribution >= 0.6 is 0 Å². The molecule has 1 N–H and O–H groups in total. The molecule has 1 aromatic rings. The number of rotatable bonds is 9. The number of carbonyl (C=O) groups excluding carboxylic acids is 4. The normalized spacial score (nSPS) is 12.7. The summed E-state index contributed by atoms with van der Waals surface area (Å²) in [5, 5.41) is 2.45. The first kappa shape index (κ1) is 32.0. The Balaban J connectivity index is 2.76. The van der Waals surface area contributed by atoms with Crippen LogP contribution in [0.2, 0.25) is 0 Å². The van der Waals surface area contributed by atoms with E-state index in [1.54, 1.807) is 78.8 Å². The Labute approximate surface area is 225 Å². The van der Waals surface area contributed by atoms with Crippen LogP contribution in [0, 0.1) is 17.8 Å². The topological polar surface area (TPSA) is 111 Å². The van der Waals surface area contributed by atoms with Crippen LogP contribution in [-0.2, 0) is 14.3 Å². The number of benzene rings is 1. The van der Waals surface area contributed by atoms with Crippen molar-refractivity contribution < 1.29 is 28.7 Å². The maximum absolute atomic E-state index is 12.3. The Morgan fingerprint density at radius 3 is 2.18 bits per heavy atom. The van der Waals surface area contributed by atoms with Crippen LogP contribution in [0.25, 0.3) is 0 Å². The van der Waals surface area contributed by atoms with Crippen molar-refractivity contribution in [3.05, 3.63) is 59.7 Å². The van der Waals surface area contributed by atoms with Gasteiger partial charge in [0.2, 0.25) is 0 Å². The molecule has 1 atom stereocenters. The molecule has 0 aliphatic rings. The van der Waals surface area contributed by atoms with Crippen LogP contribution in [0.15, 0.2) is 53.6 Å². The Hall–Kier alpha value is -3.99. The van der Waals surface area contributed by atoms with Crippen molar-refractivity contribution >= 4 is 30.0 Å². The van der Waals surface area contributed by atoms with E-state index in [0.717, 1.165) is 11.8 Å². The predicted molar refractivity (Wildman–Crippen MR) is 148 cm³/mol. The van der Waals surface area contributed by atoms with E-state index in [9.17, 15) is 19.2 Å². The summed E-state index contributed by atoms with van der Waals surface area (Å²) in [5.41, 5.74) is 0.596. The summed E-state index contributed by atoms with van der Waals surface area (Å²) in [7, 11) is 0. The lowest BCUT2D eigenvalue weighted by Gasteiger charge is -2.19. The molecule has 0 fully saturated rings. The SMILES string of the molecule is C=CC/C(C#Cc1ccc(C(=O)CNC(=O)OC(C)(C)C)cc1)=C\CC(C)C(=O)C=NC(=O)OC(C)(C)C. The van der Waals surface area contributed by atoms with Crippen molar-refractivity contribution in [1.82, 2.24) is 5.32 Å². The van der Waals surface area contributed by atoms with Gasteiger partial charge in [-0.15, -0.1) is 6.58 Å². The molecule has 0 spiro atoms. The second kappa shape index (κ2) is 14.7. The molecule has 0 aliphatic heterocycles. The van der Waals surface area contributed by atoms with Crippen LogP contribution in [0.4, 0.5) is 9.59 Å². The number of aliphatic imine (C=N–C) groups is 1. The first-order valence-corrected chi connectivity index (χ1v) is 12.3. The van der Waals surface area contributed by atoms with E-state index < -0.39 is 29.3 Å². The molecule has 0 bridgehead atoms. The van der Waals surface area contributed by atoms with Crippen LogP contribution in [0.3, 0.4) is 0 Å². The Morgan fingerprint density at radius 1 is 1.03 bits per heavy atom. The van der Waals surface area contributed by atoms with E-state index in [0.29, 0.717) is 24.0 Å². The molecule has 38 heavy (non-hydrogen) atoms.